The number of pyridine rings is 1. The van der Waals surface area contributed by atoms with Crippen LogP contribution in [-0.4, -0.2) is 10.1 Å². The zero-order chi connectivity index (χ0) is 24.6. The van der Waals surface area contributed by atoms with E-state index in [1.165, 1.54) is 0 Å². The molecule has 0 radical (unpaired) electrons. The molecule has 2 heterocycles. The number of hydrogen-bond donors (Lipinski definition) is 1. The molecule has 184 valence electrons. The third-order valence-corrected chi connectivity index (χ3v) is 8.19. The van der Waals surface area contributed by atoms with E-state index in [2.05, 4.69) is 34.6 Å². The van der Waals surface area contributed by atoms with Crippen LogP contribution in [0.5, 0.6) is 0 Å². The third kappa shape index (κ3) is 3.60. The van der Waals surface area contributed by atoms with Gasteiger partial charge in [-0.15, -0.1) is 0 Å². The number of alkyl halides is 3. The molecule has 34 heavy (non-hydrogen) atoms. The maximum atomic E-state index is 13.2. The standard InChI is InChI=1S/C28H34F3NO2/c1-15(2)24-22-23(21-19(32-24)13-26(4,5)14-20(21)33)27(12-6-7-16(27)3)34-25(22)17-8-10-18(11-9-17)28(29,30)31/h8-11,15-16,20,25,33H,6-7,12-14H2,1-5H3/t16?,20?,25-,27?/m0/s1. The highest BCUT2D eigenvalue weighted by atomic mass is 19.4. The van der Waals surface area contributed by atoms with Crippen molar-refractivity contribution in [3.05, 3.63) is 63.5 Å². The molecule has 1 aromatic carbocycles. The topological polar surface area (TPSA) is 42.4 Å². The second-order valence-electron chi connectivity index (χ2n) is 11.7. The summed E-state index contributed by atoms with van der Waals surface area (Å²) in [6.07, 6.45) is -1.15. The Labute approximate surface area is 199 Å². The maximum Gasteiger partial charge on any atom is 0.416 e. The van der Waals surface area contributed by atoms with Crippen LogP contribution in [-0.2, 0) is 22.9 Å². The maximum absolute atomic E-state index is 13.2. The highest BCUT2D eigenvalue weighted by Gasteiger charge is 2.55. The van der Waals surface area contributed by atoms with Gasteiger partial charge in [0.15, 0.2) is 0 Å². The first-order chi connectivity index (χ1) is 15.8. The molecule has 3 aliphatic rings. The van der Waals surface area contributed by atoms with E-state index in [1.807, 2.05) is 0 Å². The summed E-state index contributed by atoms with van der Waals surface area (Å²) < 4.78 is 46.6. The van der Waals surface area contributed by atoms with Crippen LogP contribution in [0.1, 0.15) is 118 Å². The van der Waals surface area contributed by atoms with Crippen LogP contribution >= 0.6 is 0 Å². The first-order valence-electron chi connectivity index (χ1n) is 12.4. The Morgan fingerprint density at radius 3 is 2.35 bits per heavy atom. The Bertz CT molecular complexity index is 1110. The lowest BCUT2D eigenvalue weighted by Gasteiger charge is -2.39. The van der Waals surface area contributed by atoms with E-state index >= 15 is 0 Å². The summed E-state index contributed by atoms with van der Waals surface area (Å²) in [5, 5.41) is 11.4. The van der Waals surface area contributed by atoms with Crippen LogP contribution in [0.2, 0.25) is 0 Å². The van der Waals surface area contributed by atoms with Gasteiger partial charge in [0, 0.05) is 22.5 Å². The van der Waals surface area contributed by atoms with Crippen LogP contribution in [0.4, 0.5) is 13.2 Å². The smallest absolute Gasteiger partial charge is 0.388 e. The number of halogens is 3. The van der Waals surface area contributed by atoms with Gasteiger partial charge in [0.2, 0.25) is 0 Å². The zero-order valence-corrected chi connectivity index (χ0v) is 20.6. The van der Waals surface area contributed by atoms with Gasteiger partial charge < -0.3 is 9.84 Å². The number of aliphatic hydroxyl groups is 1. The van der Waals surface area contributed by atoms with Crippen molar-refractivity contribution in [2.24, 2.45) is 11.3 Å². The van der Waals surface area contributed by atoms with Gasteiger partial charge >= 0.3 is 6.18 Å². The summed E-state index contributed by atoms with van der Waals surface area (Å²) in [5.41, 5.74) is 4.33. The summed E-state index contributed by atoms with van der Waals surface area (Å²) in [6, 6.07) is 5.36. The molecule has 6 heteroatoms. The van der Waals surface area contributed by atoms with E-state index in [1.54, 1.807) is 12.1 Å². The highest BCUT2D eigenvalue weighted by molar-refractivity contribution is 5.55. The molecule has 0 bridgehead atoms. The number of nitrogens with zero attached hydrogens (tertiary/aromatic N) is 1. The zero-order valence-electron chi connectivity index (χ0n) is 20.6. The molecule has 1 fully saturated rings. The van der Waals surface area contributed by atoms with Crippen LogP contribution < -0.4 is 0 Å². The van der Waals surface area contributed by atoms with Crippen molar-refractivity contribution in [1.29, 1.82) is 0 Å². The summed E-state index contributed by atoms with van der Waals surface area (Å²) >= 11 is 0. The molecule has 0 amide bonds. The van der Waals surface area contributed by atoms with E-state index in [-0.39, 0.29) is 17.3 Å². The third-order valence-electron chi connectivity index (χ3n) is 8.19. The van der Waals surface area contributed by atoms with Crippen LogP contribution in [0, 0.1) is 11.3 Å². The van der Waals surface area contributed by atoms with E-state index in [4.69, 9.17) is 9.72 Å². The fourth-order valence-corrected chi connectivity index (χ4v) is 6.60. The highest BCUT2D eigenvalue weighted by Crippen LogP contribution is 2.61. The van der Waals surface area contributed by atoms with Crippen LogP contribution in [0.15, 0.2) is 24.3 Å². The summed E-state index contributed by atoms with van der Waals surface area (Å²) in [4.78, 5) is 5.12. The molecular formula is C28H34F3NO2. The minimum absolute atomic E-state index is 0.0529. The molecule has 3 nitrogen and oxygen atoms in total. The number of ether oxygens (including phenoxy) is 1. The Balaban J connectivity index is 1.76. The number of fused-ring (bicyclic) bond motifs is 4. The van der Waals surface area contributed by atoms with Crippen molar-refractivity contribution >= 4 is 0 Å². The van der Waals surface area contributed by atoms with Crippen molar-refractivity contribution in [2.75, 3.05) is 0 Å². The van der Waals surface area contributed by atoms with Crippen molar-refractivity contribution in [3.8, 4) is 0 Å². The van der Waals surface area contributed by atoms with Gasteiger partial charge in [-0.2, -0.15) is 13.2 Å². The fraction of sp³-hybridized carbons (Fsp3) is 0.607. The Hall–Kier alpha value is -1.92. The SMILES string of the molecule is CC(C)c1nc2c(c3c1[C@H](c1ccc(C(F)(F)F)cc1)OC31CCCC1C)C(O)CC(C)(C)C2. The minimum Gasteiger partial charge on any atom is -0.388 e. The second kappa shape index (κ2) is 7.79. The average Bonchev–Trinajstić information content (AvgIpc) is 3.27. The lowest BCUT2D eigenvalue weighted by molar-refractivity contribution is -0.137. The van der Waals surface area contributed by atoms with E-state index in [0.717, 1.165) is 65.9 Å². The average molecular weight is 474 g/mol. The lowest BCUT2D eigenvalue weighted by Crippen LogP contribution is -2.34. The largest absolute Gasteiger partial charge is 0.416 e. The first kappa shape index (κ1) is 23.8. The lowest BCUT2D eigenvalue weighted by atomic mass is 9.69. The molecule has 2 aromatic rings. The number of aliphatic hydroxyl groups excluding tert-OH is 1. The van der Waals surface area contributed by atoms with Gasteiger partial charge in [-0.05, 0) is 72.6 Å². The van der Waals surface area contributed by atoms with Crippen LogP contribution in [0.3, 0.4) is 0 Å². The van der Waals surface area contributed by atoms with Crippen molar-refractivity contribution in [2.45, 2.75) is 96.6 Å². The molecule has 0 saturated heterocycles. The predicted octanol–water partition coefficient (Wildman–Crippen LogP) is 7.36. The normalized spacial score (nSPS) is 30.1. The van der Waals surface area contributed by atoms with Gasteiger partial charge in [0.1, 0.15) is 6.10 Å². The quantitative estimate of drug-likeness (QED) is 0.495. The van der Waals surface area contributed by atoms with E-state index < -0.39 is 29.5 Å². The number of rotatable bonds is 2. The molecule has 1 aliphatic heterocycles. The number of benzene rings is 1. The predicted molar refractivity (Wildman–Crippen MR) is 124 cm³/mol. The molecular weight excluding hydrogens is 439 g/mol. The summed E-state index contributed by atoms with van der Waals surface area (Å²) in [7, 11) is 0. The molecule has 1 aromatic heterocycles. The molecule has 5 rings (SSSR count). The van der Waals surface area contributed by atoms with Gasteiger partial charge in [0.05, 0.1) is 17.3 Å². The molecule has 1 saturated carbocycles. The Kier molecular flexibility index (Phi) is 5.45. The first-order valence-corrected chi connectivity index (χ1v) is 12.4. The minimum atomic E-state index is -4.38. The fourth-order valence-electron chi connectivity index (χ4n) is 6.60. The second-order valence-corrected chi connectivity index (χ2v) is 11.7. The Morgan fingerprint density at radius 1 is 1.12 bits per heavy atom. The van der Waals surface area contributed by atoms with Crippen molar-refractivity contribution < 1.29 is 23.0 Å². The Morgan fingerprint density at radius 2 is 1.79 bits per heavy atom. The molecule has 4 atom stereocenters. The van der Waals surface area contributed by atoms with E-state index in [9.17, 15) is 18.3 Å². The summed E-state index contributed by atoms with van der Waals surface area (Å²) in [5.74, 6) is 0.369. The molecule has 2 aliphatic carbocycles. The monoisotopic (exact) mass is 473 g/mol. The molecule has 3 unspecified atom stereocenters. The van der Waals surface area contributed by atoms with Gasteiger partial charge in [0.25, 0.3) is 0 Å². The van der Waals surface area contributed by atoms with Gasteiger partial charge in [-0.3, -0.25) is 4.98 Å². The van der Waals surface area contributed by atoms with Crippen molar-refractivity contribution in [3.63, 3.8) is 0 Å². The molecule has 1 N–H and O–H groups in total. The van der Waals surface area contributed by atoms with Gasteiger partial charge in [-0.1, -0.05) is 46.8 Å². The van der Waals surface area contributed by atoms with Gasteiger partial charge in [-0.25, -0.2) is 0 Å². The number of hydrogen-bond acceptors (Lipinski definition) is 3. The molecule has 1 spiro atoms. The van der Waals surface area contributed by atoms with Crippen LogP contribution in [0.25, 0.3) is 0 Å². The van der Waals surface area contributed by atoms with Crippen molar-refractivity contribution in [1.82, 2.24) is 4.98 Å². The van der Waals surface area contributed by atoms with E-state index in [0.29, 0.717) is 12.0 Å². The summed E-state index contributed by atoms with van der Waals surface area (Å²) in [6.45, 7) is 10.7. The number of aromatic nitrogens is 1.